The van der Waals surface area contributed by atoms with Crippen LogP contribution >= 0.6 is 11.6 Å². The molecule has 0 fully saturated rings. The van der Waals surface area contributed by atoms with E-state index >= 15 is 0 Å². The molecule has 0 spiro atoms. The first-order valence-corrected chi connectivity index (χ1v) is 9.16. The Kier molecular flexibility index (Phi) is 6.49. The number of nitrogens with zero attached hydrogens (tertiary/aromatic N) is 5. The van der Waals surface area contributed by atoms with Gasteiger partial charge in [-0.15, -0.1) is 0 Å². The third-order valence-corrected chi connectivity index (χ3v) is 4.62. The van der Waals surface area contributed by atoms with Crippen molar-refractivity contribution in [3.05, 3.63) is 111 Å². The van der Waals surface area contributed by atoms with E-state index in [9.17, 15) is 10.1 Å². The van der Waals surface area contributed by atoms with Crippen molar-refractivity contribution in [3.63, 3.8) is 0 Å². The van der Waals surface area contributed by atoms with E-state index in [1.807, 2.05) is 30.3 Å². The summed E-state index contributed by atoms with van der Waals surface area (Å²) in [6, 6.07) is 24.1. The third-order valence-electron chi connectivity index (χ3n) is 4.36. The molecule has 1 amide bonds. The molecule has 3 aromatic carbocycles. The second kappa shape index (κ2) is 9.43. The molecule has 0 aliphatic heterocycles. The highest BCUT2D eigenvalue weighted by molar-refractivity contribution is 6.30. The van der Waals surface area contributed by atoms with Gasteiger partial charge in [-0.2, -0.15) is 5.26 Å². The van der Waals surface area contributed by atoms with Crippen LogP contribution in [0.25, 0.3) is 10.4 Å². The van der Waals surface area contributed by atoms with E-state index in [1.54, 1.807) is 48.5 Å². The lowest BCUT2D eigenvalue weighted by Gasteiger charge is -2.28. The van der Waals surface area contributed by atoms with Gasteiger partial charge in [0.1, 0.15) is 6.04 Å². The SMILES string of the molecule is N#CC(c1ccc(Cl)cc1)N(Cc1ccccc1)C(=O)c1ccccc1N=[N+]=[N-]. The average molecular weight is 402 g/mol. The zero-order valence-corrected chi connectivity index (χ0v) is 16.1. The zero-order chi connectivity index (χ0) is 20.6. The number of hydrogen-bond donors (Lipinski definition) is 0. The highest BCUT2D eigenvalue weighted by atomic mass is 35.5. The highest BCUT2D eigenvalue weighted by Gasteiger charge is 2.27. The summed E-state index contributed by atoms with van der Waals surface area (Å²) >= 11 is 5.97. The Labute approximate surface area is 173 Å². The van der Waals surface area contributed by atoms with Crippen LogP contribution in [-0.2, 0) is 6.54 Å². The van der Waals surface area contributed by atoms with Gasteiger partial charge in [0.15, 0.2) is 0 Å². The van der Waals surface area contributed by atoms with Gasteiger partial charge >= 0.3 is 0 Å². The molecule has 0 aromatic heterocycles. The second-order valence-corrected chi connectivity index (χ2v) is 6.64. The van der Waals surface area contributed by atoms with Crippen LogP contribution in [0.2, 0.25) is 5.02 Å². The molecular formula is C22H16ClN5O. The number of carbonyl (C=O) groups excluding carboxylic acids is 1. The lowest BCUT2D eigenvalue weighted by atomic mass is 10.0. The summed E-state index contributed by atoms with van der Waals surface area (Å²) < 4.78 is 0. The molecule has 0 N–H and O–H groups in total. The van der Waals surface area contributed by atoms with E-state index in [0.717, 1.165) is 5.56 Å². The minimum Gasteiger partial charge on any atom is -0.314 e. The molecule has 6 nitrogen and oxygen atoms in total. The molecule has 3 rings (SSSR count). The van der Waals surface area contributed by atoms with Crippen molar-refractivity contribution in [2.24, 2.45) is 5.11 Å². The molecule has 1 atom stereocenters. The van der Waals surface area contributed by atoms with Crippen LogP contribution in [0.4, 0.5) is 5.69 Å². The van der Waals surface area contributed by atoms with Gasteiger partial charge in [0.05, 0.1) is 11.8 Å². The van der Waals surface area contributed by atoms with E-state index in [4.69, 9.17) is 17.1 Å². The lowest BCUT2D eigenvalue weighted by Crippen LogP contribution is -2.34. The predicted octanol–water partition coefficient (Wildman–Crippen LogP) is 6.19. The summed E-state index contributed by atoms with van der Waals surface area (Å²) in [4.78, 5) is 17.7. The van der Waals surface area contributed by atoms with E-state index in [2.05, 4.69) is 16.1 Å². The highest BCUT2D eigenvalue weighted by Crippen LogP contribution is 2.29. The quantitative estimate of drug-likeness (QED) is 0.280. The summed E-state index contributed by atoms with van der Waals surface area (Å²) in [6.07, 6.45) is 0. The van der Waals surface area contributed by atoms with Crippen LogP contribution in [0.5, 0.6) is 0 Å². The minimum absolute atomic E-state index is 0.213. The van der Waals surface area contributed by atoms with Crippen LogP contribution in [0.1, 0.15) is 27.5 Å². The Hall–Kier alpha value is -3.78. The van der Waals surface area contributed by atoms with Crippen LogP contribution in [0, 0.1) is 11.3 Å². The number of rotatable bonds is 6. The topological polar surface area (TPSA) is 92.9 Å². The van der Waals surface area contributed by atoms with Gasteiger partial charge < -0.3 is 4.90 Å². The molecule has 0 aliphatic rings. The maximum absolute atomic E-state index is 13.5. The number of azide groups is 1. The predicted molar refractivity (Wildman–Crippen MR) is 111 cm³/mol. The van der Waals surface area contributed by atoms with Gasteiger partial charge in [-0.1, -0.05) is 77.4 Å². The Morgan fingerprint density at radius 1 is 1.07 bits per heavy atom. The molecule has 0 aliphatic carbocycles. The Morgan fingerprint density at radius 2 is 1.72 bits per heavy atom. The Morgan fingerprint density at radius 3 is 2.38 bits per heavy atom. The van der Waals surface area contributed by atoms with Gasteiger partial charge in [-0.3, -0.25) is 4.79 Å². The standard InChI is InChI=1S/C22H16ClN5O/c23-18-12-10-17(11-13-18)21(14-24)28(15-16-6-2-1-3-7-16)22(29)19-8-4-5-9-20(19)26-27-25/h1-13,21H,15H2. The molecule has 29 heavy (non-hydrogen) atoms. The zero-order valence-electron chi connectivity index (χ0n) is 15.3. The van der Waals surface area contributed by atoms with Gasteiger partial charge in [0, 0.05) is 22.0 Å². The molecular weight excluding hydrogens is 386 g/mol. The molecule has 0 bridgehead atoms. The summed E-state index contributed by atoms with van der Waals surface area (Å²) in [5.41, 5.74) is 10.8. The maximum Gasteiger partial charge on any atom is 0.255 e. The molecule has 0 heterocycles. The van der Waals surface area contributed by atoms with Crippen LogP contribution in [0.3, 0.4) is 0 Å². The van der Waals surface area contributed by atoms with E-state index in [-0.39, 0.29) is 17.8 Å². The van der Waals surface area contributed by atoms with Crippen molar-refractivity contribution in [3.8, 4) is 6.07 Å². The summed E-state index contributed by atoms with van der Waals surface area (Å²) in [7, 11) is 0. The normalized spacial score (nSPS) is 11.0. The van der Waals surface area contributed by atoms with Crippen molar-refractivity contribution >= 4 is 23.2 Å². The molecule has 7 heteroatoms. The average Bonchev–Trinajstić information content (AvgIpc) is 2.76. The minimum atomic E-state index is -0.848. The fraction of sp³-hybridized carbons (Fsp3) is 0.0909. The van der Waals surface area contributed by atoms with E-state index < -0.39 is 11.9 Å². The van der Waals surface area contributed by atoms with Gasteiger partial charge in [0.25, 0.3) is 5.91 Å². The van der Waals surface area contributed by atoms with Crippen molar-refractivity contribution in [2.45, 2.75) is 12.6 Å². The van der Waals surface area contributed by atoms with Gasteiger partial charge in [0.2, 0.25) is 0 Å². The molecule has 1 unspecified atom stereocenters. The van der Waals surface area contributed by atoms with E-state index in [0.29, 0.717) is 10.6 Å². The van der Waals surface area contributed by atoms with Crippen LogP contribution < -0.4 is 0 Å². The van der Waals surface area contributed by atoms with E-state index in [1.165, 1.54) is 4.90 Å². The van der Waals surface area contributed by atoms with Gasteiger partial charge in [-0.05, 0) is 34.9 Å². The maximum atomic E-state index is 13.5. The first kappa shape index (κ1) is 20.0. The largest absolute Gasteiger partial charge is 0.314 e. The van der Waals surface area contributed by atoms with Crippen molar-refractivity contribution in [1.82, 2.24) is 4.90 Å². The molecule has 0 radical (unpaired) electrons. The Bertz CT molecular complexity index is 1090. The Balaban J connectivity index is 2.07. The number of benzene rings is 3. The van der Waals surface area contributed by atoms with Crippen LogP contribution in [-0.4, -0.2) is 10.8 Å². The third kappa shape index (κ3) is 4.74. The first-order chi connectivity index (χ1) is 14.1. The smallest absolute Gasteiger partial charge is 0.255 e. The first-order valence-electron chi connectivity index (χ1n) is 8.78. The molecule has 0 saturated carbocycles. The molecule has 0 saturated heterocycles. The number of hydrogen-bond acceptors (Lipinski definition) is 3. The molecule has 3 aromatic rings. The lowest BCUT2D eigenvalue weighted by molar-refractivity contribution is 0.0702. The fourth-order valence-corrected chi connectivity index (χ4v) is 3.10. The van der Waals surface area contributed by atoms with Crippen LogP contribution in [0.15, 0.2) is 84.0 Å². The number of nitriles is 1. The number of carbonyl (C=O) groups is 1. The number of halogens is 1. The summed E-state index contributed by atoms with van der Waals surface area (Å²) in [6.45, 7) is 0.213. The van der Waals surface area contributed by atoms with Crippen molar-refractivity contribution in [2.75, 3.05) is 0 Å². The summed E-state index contributed by atoms with van der Waals surface area (Å²) in [5.74, 6) is -0.404. The van der Waals surface area contributed by atoms with Crippen molar-refractivity contribution in [1.29, 1.82) is 5.26 Å². The monoisotopic (exact) mass is 401 g/mol. The second-order valence-electron chi connectivity index (χ2n) is 6.21. The summed E-state index contributed by atoms with van der Waals surface area (Å²) in [5, 5.41) is 14.1. The fourth-order valence-electron chi connectivity index (χ4n) is 2.97. The molecule has 142 valence electrons. The number of amides is 1. The van der Waals surface area contributed by atoms with Crippen molar-refractivity contribution < 1.29 is 4.79 Å². The van der Waals surface area contributed by atoms with Gasteiger partial charge in [-0.25, -0.2) is 0 Å².